The van der Waals surface area contributed by atoms with Gasteiger partial charge in [0.1, 0.15) is 5.78 Å². The smallest absolute Gasteiger partial charge is 0.355 e. The summed E-state index contributed by atoms with van der Waals surface area (Å²) >= 11 is 2.67. The van der Waals surface area contributed by atoms with Crippen LogP contribution in [0.3, 0.4) is 0 Å². The van der Waals surface area contributed by atoms with Gasteiger partial charge in [0.2, 0.25) is 0 Å². The molecule has 2 aliphatic carbocycles. The minimum absolute atomic E-state index is 0.0110. The van der Waals surface area contributed by atoms with E-state index in [0.717, 1.165) is 0 Å². The van der Waals surface area contributed by atoms with E-state index in [-0.39, 0.29) is 36.2 Å². The minimum Gasteiger partial charge on any atom is -0.476 e. The number of nitrogens with zero attached hydrogens (tertiary/aromatic N) is 1. The molecular formula is C27H38F3NO5S2. The summed E-state index contributed by atoms with van der Waals surface area (Å²) in [6.07, 6.45) is 9.18. The first kappa shape index (κ1) is 32.5. The Labute approximate surface area is 230 Å². The third-order valence-electron chi connectivity index (χ3n) is 7.02. The van der Waals surface area contributed by atoms with Crippen molar-refractivity contribution >= 4 is 34.9 Å². The highest BCUT2D eigenvalue weighted by molar-refractivity contribution is 8.01. The average molecular weight is 578 g/mol. The number of thioether (sulfide) groups is 1. The highest BCUT2D eigenvalue weighted by atomic mass is 32.2. The lowest BCUT2D eigenvalue weighted by Gasteiger charge is -2.21. The van der Waals surface area contributed by atoms with Gasteiger partial charge in [-0.1, -0.05) is 43.2 Å². The Balaban J connectivity index is 0.000000538. The minimum atomic E-state index is -2.36. The number of rotatable bonds is 12. The number of aliphatic hydroxyl groups is 2. The van der Waals surface area contributed by atoms with E-state index in [9.17, 15) is 27.9 Å². The van der Waals surface area contributed by atoms with Crippen LogP contribution in [-0.4, -0.2) is 50.0 Å². The Morgan fingerprint density at radius 3 is 2.53 bits per heavy atom. The number of Topliss-reactive ketones (excluding diaryl/α,β-unsaturated/α-hetero) is 1. The second-order valence-corrected chi connectivity index (χ2v) is 12.4. The van der Waals surface area contributed by atoms with Crippen molar-refractivity contribution in [3.8, 4) is 0 Å². The van der Waals surface area contributed by atoms with Gasteiger partial charge in [-0.2, -0.15) is 8.78 Å². The fourth-order valence-corrected chi connectivity index (χ4v) is 6.57. The number of thiazole rings is 1. The van der Waals surface area contributed by atoms with Crippen LogP contribution in [-0.2, 0) is 4.79 Å². The van der Waals surface area contributed by atoms with Crippen LogP contribution in [0.2, 0.25) is 0 Å². The third kappa shape index (κ3) is 11.6. The lowest BCUT2D eigenvalue weighted by molar-refractivity contribution is -0.121. The highest BCUT2D eigenvalue weighted by Crippen LogP contribution is 2.35. The van der Waals surface area contributed by atoms with Crippen LogP contribution in [0, 0.1) is 17.8 Å². The molecule has 0 bridgehead atoms. The van der Waals surface area contributed by atoms with Crippen LogP contribution in [0.4, 0.5) is 13.2 Å². The van der Waals surface area contributed by atoms with Crippen molar-refractivity contribution in [2.24, 2.45) is 17.8 Å². The van der Waals surface area contributed by atoms with Gasteiger partial charge in [-0.25, -0.2) is 14.2 Å². The lowest BCUT2D eigenvalue weighted by atomic mass is 9.90. The number of aliphatic hydroxyl groups excluding tert-OH is 1. The molecule has 2 saturated carbocycles. The molecule has 6 nitrogen and oxygen atoms in total. The number of hydrogen-bond donors (Lipinski definition) is 3. The normalized spacial score (nSPS) is 21.7. The number of carboxylic acid groups (broad SMARTS) is 1. The molecule has 2 fully saturated rings. The maximum Gasteiger partial charge on any atom is 0.355 e. The first-order valence-corrected chi connectivity index (χ1v) is 14.9. The van der Waals surface area contributed by atoms with Crippen molar-refractivity contribution < 1.29 is 38.1 Å². The first-order chi connectivity index (χ1) is 18.0. The molecule has 0 spiro atoms. The second kappa shape index (κ2) is 16.4. The van der Waals surface area contributed by atoms with Crippen LogP contribution in [0.15, 0.2) is 33.8 Å². The van der Waals surface area contributed by atoms with Crippen molar-refractivity contribution in [2.45, 2.75) is 87.5 Å². The molecular weight excluding hydrogens is 539 g/mol. The maximum atomic E-state index is 12.9. The molecule has 2 aliphatic rings. The van der Waals surface area contributed by atoms with Crippen molar-refractivity contribution in [2.75, 3.05) is 12.4 Å². The molecule has 38 heavy (non-hydrogen) atoms. The zero-order valence-corrected chi connectivity index (χ0v) is 23.3. The van der Waals surface area contributed by atoms with Crippen LogP contribution in [0.1, 0.15) is 88.0 Å². The van der Waals surface area contributed by atoms with E-state index in [1.54, 1.807) is 6.08 Å². The Morgan fingerprint density at radius 1 is 1.24 bits per heavy atom. The molecule has 0 aliphatic heterocycles. The van der Waals surface area contributed by atoms with E-state index < -0.39 is 29.9 Å². The topological polar surface area (TPSA) is 108 Å². The zero-order chi connectivity index (χ0) is 28.1. The number of carbonyl (C=O) groups excluding carboxylic acids is 1. The van der Waals surface area contributed by atoms with Crippen molar-refractivity contribution in [3.63, 3.8) is 0 Å². The van der Waals surface area contributed by atoms with E-state index in [4.69, 9.17) is 10.2 Å². The number of hydrogen-bond acceptors (Lipinski definition) is 7. The summed E-state index contributed by atoms with van der Waals surface area (Å²) in [5.41, 5.74) is -1.30. The van der Waals surface area contributed by atoms with E-state index in [2.05, 4.69) is 4.98 Å². The maximum absolute atomic E-state index is 12.9. The highest BCUT2D eigenvalue weighted by Gasteiger charge is 2.32. The fraction of sp³-hybridized carbons (Fsp3) is 0.667. The number of carboxylic acids is 1. The molecule has 3 N–H and O–H groups in total. The summed E-state index contributed by atoms with van der Waals surface area (Å²) in [6, 6.07) is 0. The van der Waals surface area contributed by atoms with Crippen LogP contribution >= 0.6 is 23.1 Å². The number of ketones is 1. The zero-order valence-electron chi connectivity index (χ0n) is 21.7. The van der Waals surface area contributed by atoms with Crippen LogP contribution in [0.5, 0.6) is 0 Å². The molecule has 0 amide bonds. The van der Waals surface area contributed by atoms with Gasteiger partial charge in [0.15, 0.2) is 15.9 Å². The van der Waals surface area contributed by atoms with Gasteiger partial charge < -0.3 is 15.3 Å². The SMILES string of the molecule is C[C@@](O)(C/C=C/[C@H]1CCC(=O)C1CCSc1nc(C(=O)O)cs1)CCC(F)=C(F)F.OCC1CCCCC1. The predicted molar refractivity (Wildman–Crippen MR) is 143 cm³/mol. The molecule has 1 aromatic rings. The Kier molecular flexibility index (Phi) is 14.1. The van der Waals surface area contributed by atoms with Crippen LogP contribution in [0.25, 0.3) is 0 Å². The Morgan fingerprint density at radius 2 is 1.95 bits per heavy atom. The first-order valence-electron chi connectivity index (χ1n) is 13.1. The molecule has 3 atom stereocenters. The molecule has 0 aromatic carbocycles. The molecule has 214 valence electrons. The van der Waals surface area contributed by atoms with Gasteiger partial charge in [-0.05, 0) is 57.3 Å². The number of carbonyl (C=O) groups is 2. The lowest BCUT2D eigenvalue weighted by Crippen LogP contribution is -2.23. The van der Waals surface area contributed by atoms with Gasteiger partial charge in [0, 0.05) is 36.5 Å². The number of aromatic carboxylic acids is 1. The largest absolute Gasteiger partial charge is 0.476 e. The van der Waals surface area contributed by atoms with Gasteiger partial charge in [-0.15, -0.1) is 11.3 Å². The average Bonchev–Trinajstić information content (AvgIpc) is 3.50. The van der Waals surface area contributed by atoms with Crippen molar-refractivity contribution in [1.29, 1.82) is 0 Å². The van der Waals surface area contributed by atoms with E-state index >= 15 is 0 Å². The summed E-state index contributed by atoms with van der Waals surface area (Å²) in [4.78, 5) is 27.1. The van der Waals surface area contributed by atoms with E-state index in [0.29, 0.717) is 41.9 Å². The summed E-state index contributed by atoms with van der Waals surface area (Å²) in [6.45, 7) is 1.88. The summed E-state index contributed by atoms with van der Waals surface area (Å²) in [5, 5.41) is 29.3. The van der Waals surface area contributed by atoms with Crippen molar-refractivity contribution in [3.05, 3.63) is 35.1 Å². The number of halogens is 3. The second-order valence-electron chi connectivity index (χ2n) is 10.2. The molecule has 0 saturated heterocycles. The standard InChI is InChI=1S/C20H24F3NO4S2.C7H14O/c1-20(28,9-6-14(21)17(22)23)8-2-3-12-4-5-16(25)13(12)7-10-29-19-24-15(11-30-19)18(26)27;8-6-7-4-2-1-3-5-7/h2-3,11-13,28H,4-10H2,1H3,(H,26,27);7-8H,1-6H2/b3-2+;/t12-,13?,20+;/m0./s1. The quantitative estimate of drug-likeness (QED) is 0.181. The molecule has 3 rings (SSSR count). The Hall–Kier alpha value is -1.69. The van der Waals surface area contributed by atoms with E-state index in [1.807, 2.05) is 6.08 Å². The van der Waals surface area contributed by atoms with E-state index in [1.165, 1.54) is 67.5 Å². The van der Waals surface area contributed by atoms with Gasteiger partial charge >= 0.3 is 12.0 Å². The molecule has 0 radical (unpaired) electrons. The van der Waals surface area contributed by atoms with Crippen LogP contribution < -0.4 is 0 Å². The van der Waals surface area contributed by atoms with Gasteiger partial charge in [0.05, 0.1) is 5.60 Å². The molecule has 1 heterocycles. The molecule has 1 aromatic heterocycles. The van der Waals surface area contributed by atoms with Gasteiger partial charge in [0.25, 0.3) is 0 Å². The molecule has 11 heteroatoms. The number of aromatic nitrogens is 1. The van der Waals surface area contributed by atoms with Crippen molar-refractivity contribution in [1.82, 2.24) is 4.98 Å². The predicted octanol–water partition coefficient (Wildman–Crippen LogP) is 7.03. The summed E-state index contributed by atoms with van der Waals surface area (Å²) in [5.74, 6) is -1.26. The Bertz CT molecular complexity index is 956. The summed E-state index contributed by atoms with van der Waals surface area (Å²) < 4.78 is 37.8. The number of allylic oxidation sites excluding steroid dienone is 2. The third-order valence-corrected chi connectivity index (χ3v) is 9.08. The summed E-state index contributed by atoms with van der Waals surface area (Å²) in [7, 11) is 0. The monoisotopic (exact) mass is 577 g/mol. The molecule has 1 unspecified atom stereocenters. The fourth-order valence-electron chi connectivity index (χ4n) is 4.68. The van der Waals surface area contributed by atoms with Gasteiger partial charge in [-0.3, -0.25) is 4.79 Å².